The Hall–Kier alpha value is -2.82. The van der Waals surface area contributed by atoms with Crippen molar-refractivity contribution in [1.82, 2.24) is 5.32 Å². The molecule has 0 bridgehead atoms. The number of benzene rings is 2. The van der Waals surface area contributed by atoms with Gasteiger partial charge in [-0.3, -0.25) is 4.79 Å². The van der Waals surface area contributed by atoms with Gasteiger partial charge in [0, 0.05) is 24.0 Å². The quantitative estimate of drug-likeness (QED) is 0.798. The maximum Gasteiger partial charge on any atom is 0.318 e. The van der Waals surface area contributed by atoms with Gasteiger partial charge in [0.05, 0.1) is 0 Å². The summed E-state index contributed by atoms with van der Waals surface area (Å²) < 4.78 is 0. The molecule has 2 rings (SSSR count). The van der Waals surface area contributed by atoms with Crippen LogP contribution in [-0.4, -0.2) is 19.0 Å². The Kier molecular flexibility index (Phi) is 5.24. The molecule has 0 atom stereocenters. The van der Waals surface area contributed by atoms with E-state index in [1.807, 2.05) is 24.3 Å². The maximum absolute atomic E-state index is 12.3. The van der Waals surface area contributed by atoms with Gasteiger partial charge in [0.2, 0.25) is 0 Å². The molecule has 0 heterocycles. The summed E-state index contributed by atoms with van der Waals surface area (Å²) in [7, 11) is 1.55. The summed E-state index contributed by atoms with van der Waals surface area (Å²) in [5.41, 5.74) is 3.17. The molecule has 0 saturated carbocycles. The van der Waals surface area contributed by atoms with Crippen molar-refractivity contribution < 1.29 is 9.59 Å². The van der Waals surface area contributed by atoms with Crippen LogP contribution in [0.2, 0.25) is 0 Å². The molecule has 0 aliphatic rings. The third-order valence-electron chi connectivity index (χ3n) is 3.64. The molecule has 126 valence electrons. The number of carbonyl (C=O) groups excluding carboxylic acids is 2. The first-order valence-electron chi connectivity index (χ1n) is 7.80. The van der Waals surface area contributed by atoms with Crippen molar-refractivity contribution in [3.63, 3.8) is 0 Å². The van der Waals surface area contributed by atoms with E-state index < -0.39 is 0 Å². The minimum atomic E-state index is -0.286. The molecule has 0 radical (unpaired) electrons. The van der Waals surface area contributed by atoms with Crippen LogP contribution < -0.4 is 16.0 Å². The van der Waals surface area contributed by atoms with Gasteiger partial charge < -0.3 is 16.0 Å². The van der Waals surface area contributed by atoms with Gasteiger partial charge in [-0.15, -0.1) is 0 Å². The van der Waals surface area contributed by atoms with Crippen LogP contribution in [-0.2, 0) is 5.41 Å². The summed E-state index contributed by atoms with van der Waals surface area (Å²) in [6, 6.07) is 14.3. The Morgan fingerprint density at radius 3 is 1.75 bits per heavy atom. The number of anilines is 2. The number of hydrogen-bond acceptors (Lipinski definition) is 2. The average Bonchev–Trinajstić information content (AvgIpc) is 2.55. The summed E-state index contributed by atoms with van der Waals surface area (Å²) in [4.78, 5) is 23.5. The zero-order valence-corrected chi connectivity index (χ0v) is 14.4. The van der Waals surface area contributed by atoms with Gasteiger partial charge in [0.1, 0.15) is 0 Å². The molecule has 3 amide bonds. The third kappa shape index (κ3) is 4.59. The van der Waals surface area contributed by atoms with Gasteiger partial charge in [-0.1, -0.05) is 32.9 Å². The third-order valence-corrected chi connectivity index (χ3v) is 3.64. The molecule has 0 fully saturated rings. The van der Waals surface area contributed by atoms with E-state index >= 15 is 0 Å². The Labute approximate surface area is 142 Å². The van der Waals surface area contributed by atoms with Gasteiger partial charge in [-0.2, -0.15) is 0 Å². The highest BCUT2D eigenvalue weighted by atomic mass is 16.2. The smallest absolute Gasteiger partial charge is 0.318 e. The Morgan fingerprint density at radius 1 is 0.792 bits per heavy atom. The standard InChI is InChI=1S/C19H23N3O2/c1-19(2,3)14-7-5-13(6-8-14)17(23)21-15-9-11-16(12-10-15)22-18(24)20-4/h5-12H,1-4H3,(H,21,23)(H2,20,22,24). The Bertz CT molecular complexity index is 714. The zero-order chi connectivity index (χ0) is 17.7. The summed E-state index contributed by atoms with van der Waals surface area (Å²) in [6.07, 6.45) is 0. The summed E-state index contributed by atoms with van der Waals surface area (Å²) in [5, 5.41) is 7.98. The second-order valence-electron chi connectivity index (χ2n) is 6.56. The second-order valence-corrected chi connectivity index (χ2v) is 6.56. The molecule has 0 unspecified atom stereocenters. The molecule has 2 aromatic carbocycles. The predicted octanol–water partition coefficient (Wildman–Crippen LogP) is 3.99. The average molecular weight is 325 g/mol. The van der Waals surface area contributed by atoms with Crippen LogP contribution in [0.15, 0.2) is 48.5 Å². The molecule has 0 aliphatic carbocycles. The van der Waals surface area contributed by atoms with Crippen molar-refractivity contribution in [2.75, 3.05) is 17.7 Å². The lowest BCUT2D eigenvalue weighted by atomic mass is 9.87. The van der Waals surface area contributed by atoms with Crippen LogP contribution in [0.5, 0.6) is 0 Å². The number of hydrogen-bond donors (Lipinski definition) is 3. The molecule has 5 nitrogen and oxygen atoms in total. The number of rotatable bonds is 3. The molecular formula is C19H23N3O2. The molecule has 0 spiro atoms. The minimum Gasteiger partial charge on any atom is -0.341 e. The van der Waals surface area contributed by atoms with Gasteiger partial charge >= 0.3 is 6.03 Å². The predicted molar refractivity (Wildman–Crippen MR) is 97.6 cm³/mol. The van der Waals surface area contributed by atoms with Crippen molar-refractivity contribution in [3.8, 4) is 0 Å². The van der Waals surface area contributed by atoms with Gasteiger partial charge in [-0.05, 0) is 47.4 Å². The van der Waals surface area contributed by atoms with Crippen LogP contribution in [0.4, 0.5) is 16.2 Å². The van der Waals surface area contributed by atoms with Crippen LogP contribution in [0.3, 0.4) is 0 Å². The number of nitrogens with one attached hydrogen (secondary N) is 3. The monoisotopic (exact) mass is 325 g/mol. The summed E-state index contributed by atoms with van der Waals surface area (Å²) in [5.74, 6) is -0.164. The van der Waals surface area contributed by atoms with E-state index in [4.69, 9.17) is 0 Å². The first kappa shape index (κ1) is 17.5. The second kappa shape index (κ2) is 7.17. The molecule has 5 heteroatoms. The first-order chi connectivity index (χ1) is 11.3. The van der Waals surface area contributed by atoms with Crippen molar-refractivity contribution in [3.05, 3.63) is 59.7 Å². The molecule has 2 aromatic rings. The molecule has 3 N–H and O–H groups in total. The Balaban J connectivity index is 2.03. The topological polar surface area (TPSA) is 70.2 Å². The first-order valence-corrected chi connectivity index (χ1v) is 7.80. The molecular weight excluding hydrogens is 302 g/mol. The van der Waals surface area contributed by atoms with E-state index in [1.54, 1.807) is 31.3 Å². The normalized spacial score (nSPS) is 10.8. The summed E-state index contributed by atoms with van der Waals surface area (Å²) >= 11 is 0. The highest BCUT2D eigenvalue weighted by Crippen LogP contribution is 2.22. The van der Waals surface area contributed by atoms with E-state index in [0.29, 0.717) is 16.9 Å². The van der Waals surface area contributed by atoms with Crippen molar-refractivity contribution in [2.45, 2.75) is 26.2 Å². The fourth-order valence-electron chi connectivity index (χ4n) is 2.16. The van der Waals surface area contributed by atoms with Crippen LogP contribution >= 0.6 is 0 Å². The maximum atomic E-state index is 12.3. The number of carbonyl (C=O) groups is 2. The fraction of sp³-hybridized carbons (Fsp3) is 0.263. The van der Waals surface area contributed by atoms with Crippen LogP contribution in [0.25, 0.3) is 0 Å². The zero-order valence-electron chi connectivity index (χ0n) is 14.4. The van der Waals surface area contributed by atoms with E-state index in [2.05, 4.69) is 36.7 Å². The molecule has 0 aliphatic heterocycles. The van der Waals surface area contributed by atoms with Crippen molar-refractivity contribution in [2.24, 2.45) is 0 Å². The van der Waals surface area contributed by atoms with Crippen molar-refractivity contribution >= 4 is 23.3 Å². The van der Waals surface area contributed by atoms with E-state index in [-0.39, 0.29) is 17.4 Å². The lowest BCUT2D eigenvalue weighted by Gasteiger charge is -2.19. The lowest BCUT2D eigenvalue weighted by Crippen LogP contribution is -2.24. The fourth-order valence-corrected chi connectivity index (χ4v) is 2.16. The van der Waals surface area contributed by atoms with Gasteiger partial charge in [0.25, 0.3) is 5.91 Å². The summed E-state index contributed by atoms with van der Waals surface area (Å²) in [6.45, 7) is 6.41. The van der Waals surface area contributed by atoms with Gasteiger partial charge in [-0.25, -0.2) is 4.79 Å². The minimum absolute atomic E-state index is 0.0582. The Morgan fingerprint density at radius 2 is 1.29 bits per heavy atom. The molecule has 0 aromatic heterocycles. The number of urea groups is 1. The lowest BCUT2D eigenvalue weighted by molar-refractivity contribution is 0.102. The van der Waals surface area contributed by atoms with Crippen LogP contribution in [0, 0.1) is 0 Å². The van der Waals surface area contributed by atoms with E-state index in [0.717, 1.165) is 0 Å². The number of amides is 3. The van der Waals surface area contributed by atoms with Crippen molar-refractivity contribution in [1.29, 1.82) is 0 Å². The SMILES string of the molecule is CNC(=O)Nc1ccc(NC(=O)c2ccc(C(C)(C)C)cc2)cc1. The highest BCUT2D eigenvalue weighted by molar-refractivity contribution is 6.04. The molecule has 24 heavy (non-hydrogen) atoms. The highest BCUT2D eigenvalue weighted by Gasteiger charge is 2.14. The van der Waals surface area contributed by atoms with E-state index in [1.165, 1.54) is 5.56 Å². The largest absolute Gasteiger partial charge is 0.341 e. The molecule has 0 saturated heterocycles. The van der Waals surface area contributed by atoms with E-state index in [9.17, 15) is 9.59 Å². The van der Waals surface area contributed by atoms with Crippen LogP contribution in [0.1, 0.15) is 36.7 Å². The van der Waals surface area contributed by atoms with Gasteiger partial charge in [0.15, 0.2) is 0 Å².